The Morgan fingerprint density at radius 1 is 1.17 bits per heavy atom. The van der Waals surface area contributed by atoms with Crippen LogP contribution in [-0.2, 0) is 9.47 Å². The monoisotopic (exact) mass is 189 g/mol. The van der Waals surface area contributed by atoms with Gasteiger partial charge in [-0.15, -0.1) is 0 Å². The van der Waals surface area contributed by atoms with E-state index >= 15 is 0 Å². The molecule has 73 valence electrons. The van der Waals surface area contributed by atoms with Crippen LogP contribution in [0, 0.1) is 6.92 Å². The third-order valence-electron chi connectivity index (χ3n) is 1.42. The van der Waals surface area contributed by atoms with Gasteiger partial charge in [-0.3, -0.25) is 0 Å². The predicted molar refractivity (Wildman–Crippen MR) is 55.1 cm³/mol. The molecule has 0 aliphatic carbocycles. The lowest BCUT2D eigenvalue weighted by Crippen LogP contribution is -2.40. The fourth-order valence-corrected chi connectivity index (χ4v) is 2.09. The zero-order valence-electron chi connectivity index (χ0n) is 8.89. The first-order valence-corrected chi connectivity index (χ1v) is 5.54. The van der Waals surface area contributed by atoms with Gasteiger partial charge in [0.15, 0.2) is 0 Å². The van der Waals surface area contributed by atoms with Crippen molar-refractivity contribution >= 4 is 10.2 Å². The van der Waals surface area contributed by atoms with Crippen LogP contribution < -0.4 is 0 Å². The second kappa shape index (κ2) is 4.99. The van der Waals surface area contributed by atoms with Gasteiger partial charge in [0.2, 0.25) is 0 Å². The van der Waals surface area contributed by atoms with E-state index < -0.39 is 0 Å². The Hall–Kier alpha value is 0.137. The summed E-state index contributed by atoms with van der Waals surface area (Å²) in [5.74, 6) is 0. The lowest BCUT2D eigenvalue weighted by Gasteiger charge is -2.33. The Morgan fingerprint density at radius 2 is 1.50 bits per heavy atom. The minimum atomic E-state index is -0.387. The van der Waals surface area contributed by atoms with E-state index in [1.54, 1.807) is 0 Å². The number of hydrogen-bond acceptors (Lipinski definition) is 2. The van der Waals surface area contributed by atoms with E-state index in [1.165, 1.54) is 0 Å². The summed E-state index contributed by atoms with van der Waals surface area (Å²) >= 11 is 0. The van der Waals surface area contributed by atoms with Gasteiger partial charge in [0, 0.05) is 0 Å². The molecule has 0 atom stereocenters. The second-order valence-corrected chi connectivity index (χ2v) is 5.24. The van der Waals surface area contributed by atoms with Crippen LogP contribution in [0.2, 0.25) is 0 Å². The second-order valence-electron chi connectivity index (χ2n) is 3.72. The maximum Gasteiger partial charge on any atom is 0.142 e. The molecular weight excluding hydrogens is 168 g/mol. The summed E-state index contributed by atoms with van der Waals surface area (Å²) in [6.45, 7) is 11.9. The highest BCUT2D eigenvalue weighted by Crippen LogP contribution is 2.17. The Morgan fingerprint density at radius 3 is 1.67 bits per heavy atom. The Kier molecular flexibility index (Phi) is 5.05. The van der Waals surface area contributed by atoms with Gasteiger partial charge < -0.3 is 9.47 Å². The molecule has 3 heteroatoms. The van der Waals surface area contributed by atoms with E-state index in [4.69, 9.17) is 9.47 Å². The number of hydrogen-bond donors (Lipinski definition) is 0. The molecule has 12 heavy (non-hydrogen) atoms. The van der Waals surface area contributed by atoms with Crippen molar-refractivity contribution in [1.82, 2.24) is 0 Å². The van der Waals surface area contributed by atoms with Crippen LogP contribution in [0.25, 0.3) is 0 Å². The summed E-state index contributed by atoms with van der Waals surface area (Å²) in [5.41, 5.74) is -0.387. The van der Waals surface area contributed by atoms with E-state index in [-0.39, 0.29) is 17.6 Å². The molecule has 0 aromatic carbocycles. The lowest BCUT2D eigenvalue weighted by molar-refractivity contribution is -0.212. The largest absolute Gasteiger partial charge is 0.352 e. The van der Waals surface area contributed by atoms with Gasteiger partial charge in [-0.05, 0) is 41.0 Å². The first-order valence-electron chi connectivity index (χ1n) is 4.54. The van der Waals surface area contributed by atoms with Crippen LogP contribution in [0.15, 0.2) is 0 Å². The molecule has 0 saturated heterocycles. The van der Waals surface area contributed by atoms with Crippen LogP contribution in [0.4, 0.5) is 0 Å². The van der Waals surface area contributed by atoms with Gasteiger partial charge >= 0.3 is 0 Å². The van der Waals surface area contributed by atoms with Crippen LogP contribution in [-0.4, -0.2) is 27.9 Å². The van der Waals surface area contributed by atoms with Crippen molar-refractivity contribution in [2.24, 2.45) is 0 Å². The summed E-state index contributed by atoms with van der Waals surface area (Å²) < 4.78 is 11.3. The maximum atomic E-state index is 5.67. The van der Waals surface area contributed by atoms with Crippen molar-refractivity contribution in [3.63, 3.8) is 0 Å². The van der Waals surface area contributed by atoms with E-state index in [0.717, 1.165) is 10.2 Å². The van der Waals surface area contributed by atoms with Crippen molar-refractivity contribution in [2.45, 2.75) is 51.7 Å². The lowest BCUT2D eigenvalue weighted by atomic mass is 10.4. The average molecular weight is 189 g/mol. The average Bonchev–Trinajstić information content (AvgIpc) is 1.83. The minimum absolute atomic E-state index is 0.211. The van der Waals surface area contributed by atoms with Crippen LogP contribution >= 0.6 is 0 Å². The molecule has 1 radical (unpaired) electrons. The highest BCUT2D eigenvalue weighted by Gasteiger charge is 2.25. The van der Waals surface area contributed by atoms with E-state index in [2.05, 4.69) is 6.92 Å². The maximum absolute atomic E-state index is 5.67. The molecular formula is C9H21O2Si. The van der Waals surface area contributed by atoms with Gasteiger partial charge in [-0.25, -0.2) is 0 Å². The molecule has 0 aromatic heterocycles. The van der Waals surface area contributed by atoms with E-state index in [1.807, 2.05) is 27.7 Å². The quantitative estimate of drug-likeness (QED) is 0.476. The van der Waals surface area contributed by atoms with Gasteiger partial charge in [-0.2, -0.15) is 0 Å². The van der Waals surface area contributed by atoms with Crippen molar-refractivity contribution in [1.29, 1.82) is 0 Å². The summed E-state index contributed by atoms with van der Waals surface area (Å²) in [5, 5.41) is 0. The third kappa shape index (κ3) is 4.90. The van der Waals surface area contributed by atoms with Crippen LogP contribution in [0.3, 0.4) is 0 Å². The topological polar surface area (TPSA) is 18.5 Å². The third-order valence-corrected chi connectivity index (χ3v) is 2.40. The molecule has 0 aliphatic rings. The van der Waals surface area contributed by atoms with Gasteiger partial charge in [0.1, 0.15) is 5.41 Å². The molecule has 0 spiro atoms. The molecule has 0 unspecified atom stereocenters. The molecule has 0 fully saturated rings. The molecule has 0 heterocycles. The standard InChI is InChI=1S/C9H21O2Si/c1-6-9(12,10-7(2)3)11-8(4)5/h7-8H,1,6H2,2-5,12H3. The Labute approximate surface area is 79.1 Å². The normalized spacial score (nSPS) is 13.2. The molecule has 0 amide bonds. The van der Waals surface area contributed by atoms with Crippen molar-refractivity contribution in [2.75, 3.05) is 0 Å². The van der Waals surface area contributed by atoms with E-state index in [0.29, 0.717) is 6.42 Å². The minimum Gasteiger partial charge on any atom is -0.352 e. The predicted octanol–water partition coefficient (Wildman–Crippen LogP) is 1.08. The Bertz CT molecular complexity index is 114. The molecule has 0 aliphatic heterocycles. The summed E-state index contributed by atoms with van der Waals surface area (Å²) in [6.07, 6.45) is 1.11. The first kappa shape index (κ1) is 12.1. The molecule has 0 N–H and O–H groups in total. The molecule has 0 aromatic rings. The zero-order chi connectivity index (χ0) is 9.78. The number of rotatable bonds is 5. The zero-order valence-corrected chi connectivity index (χ0v) is 10.9. The number of ether oxygens (including phenoxy) is 2. The molecule has 0 rings (SSSR count). The fraction of sp³-hybridized carbons (Fsp3) is 0.889. The van der Waals surface area contributed by atoms with Gasteiger partial charge in [-0.1, -0.05) is 0 Å². The molecule has 0 bridgehead atoms. The molecule has 0 saturated carbocycles. The van der Waals surface area contributed by atoms with Crippen molar-refractivity contribution in [3.05, 3.63) is 6.92 Å². The van der Waals surface area contributed by atoms with Gasteiger partial charge in [0.25, 0.3) is 0 Å². The van der Waals surface area contributed by atoms with E-state index in [9.17, 15) is 0 Å². The highest BCUT2D eigenvalue weighted by atomic mass is 28.1. The Balaban J connectivity index is 4.04. The first-order chi connectivity index (χ1) is 5.39. The summed E-state index contributed by atoms with van der Waals surface area (Å²) in [7, 11) is 0.858. The van der Waals surface area contributed by atoms with Crippen molar-refractivity contribution < 1.29 is 9.47 Å². The summed E-state index contributed by atoms with van der Waals surface area (Å²) in [4.78, 5) is 0. The van der Waals surface area contributed by atoms with Gasteiger partial charge in [0.05, 0.1) is 22.5 Å². The highest BCUT2D eigenvalue weighted by molar-refractivity contribution is 6.13. The van der Waals surface area contributed by atoms with Crippen molar-refractivity contribution in [3.8, 4) is 0 Å². The summed E-state index contributed by atoms with van der Waals surface area (Å²) in [6, 6.07) is 0. The fourth-order valence-electron chi connectivity index (χ4n) is 1.14. The van der Waals surface area contributed by atoms with Crippen LogP contribution in [0.5, 0.6) is 0 Å². The molecule has 2 nitrogen and oxygen atoms in total. The smallest absolute Gasteiger partial charge is 0.142 e. The SMILES string of the molecule is [CH2]CC([SiH3])(OC(C)C)OC(C)C. The van der Waals surface area contributed by atoms with Crippen LogP contribution in [0.1, 0.15) is 34.1 Å².